The molecule has 5 atom stereocenters. The maximum Gasteiger partial charge on any atom is 0.410 e. The molecule has 198 valence electrons. The van der Waals surface area contributed by atoms with Crippen LogP contribution in [0.1, 0.15) is 38.5 Å². The molecule has 5 rings (SSSR count). The summed E-state index contributed by atoms with van der Waals surface area (Å²) in [5.41, 5.74) is -0.341. The molecule has 12 nitrogen and oxygen atoms in total. The Hall–Kier alpha value is -3.48. The summed E-state index contributed by atoms with van der Waals surface area (Å²) in [5.74, 6) is -1.52. The van der Waals surface area contributed by atoms with Crippen LogP contribution < -0.4 is 11.2 Å². The minimum Gasteiger partial charge on any atom is -0.461 e. The molecule has 1 amide bonds. The number of carbonyl (C=O) groups excluding carboxylic acids is 2. The summed E-state index contributed by atoms with van der Waals surface area (Å²) >= 11 is 0. The summed E-state index contributed by atoms with van der Waals surface area (Å²) < 4.78 is 30.1. The van der Waals surface area contributed by atoms with Crippen molar-refractivity contribution in [2.45, 2.75) is 69.7 Å². The standard InChI is InChI=1S/C25H29N3O9/c1-25(2)36-19-17(35-21(20(19)37-25)28-12-10-18(29)26-23(28)31)14-33-22(30)16-9-6-11-27(16)24(32)34-13-15-7-4-3-5-8-15/h3-5,7-8,10,12,16-17,19-21H,6,9,11,13-14H2,1-2H3,(H,26,29,31)/t16?,17-,19-,20-,21-/m1/s1. The molecule has 1 N–H and O–H groups in total. The van der Waals surface area contributed by atoms with Gasteiger partial charge in [-0.3, -0.25) is 19.2 Å². The van der Waals surface area contributed by atoms with Crippen molar-refractivity contribution in [3.05, 3.63) is 69.0 Å². The summed E-state index contributed by atoms with van der Waals surface area (Å²) in [6.07, 6.45) is -1.07. The molecule has 37 heavy (non-hydrogen) atoms. The van der Waals surface area contributed by atoms with E-state index in [9.17, 15) is 19.2 Å². The van der Waals surface area contributed by atoms with E-state index in [0.717, 1.165) is 5.56 Å². The van der Waals surface area contributed by atoms with Crippen LogP contribution in [-0.4, -0.2) is 69.8 Å². The van der Waals surface area contributed by atoms with E-state index < -0.39 is 59.7 Å². The van der Waals surface area contributed by atoms with Gasteiger partial charge in [-0.05, 0) is 32.3 Å². The SMILES string of the molecule is CC1(C)O[C@@H]2[C@H](O1)[C@@H](COC(=O)C1CCCN1C(=O)OCc1ccccc1)O[C@H]2n1ccc(=O)[nH]c1=O. The minimum absolute atomic E-state index is 0.107. The Morgan fingerprint density at radius 3 is 2.59 bits per heavy atom. The number of hydrogen-bond acceptors (Lipinski definition) is 9. The van der Waals surface area contributed by atoms with Gasteiger partial charge in [-0.25, -0.2) is 14.4 Å². The number of H-pyrrole nitrogens is 1. The highest BCUT2D eigenvalue weighted by Crippen LogP contribution is 2.42. The average molecular weight is 516 g/mol. The molecule has 0 aliphatic carbocycles. The van der Waals surface area contributed by atoms with Crippen molar-refractivity contribution in [3.63, 3.8) is 0 Å². The van der Waals surface area contributed by atoms with Gasteiger partial charge in [0, 0.05) is 18.8 Å². The Bertz CT molecular complexity index is 1260. The number of likely N-dealkylation sites (tertiary alicyclic amines) is 1. The zero-order valence-corrected chi connectivity index (χ0v) is 20.5. The second-order valence-electron chi connectivity index (χ2n) is 9.67. The first-order valence-corrected chi connectivity index (χ1v) is 12.2. The predicted octanol–water partition coefficient (Wildman–Crippen LogP) is 1.30. The number of rotatable bonds is 6. The zero-order valence-electron chi connectivity index (χ0n) is 20.5. The van der Waals surface area contributed by atoms with E-state index in [4.69, 9.17) is 23.7 Å². The first-order valence-electron chi connectivity index (χ1n) is 12.2. The number of aromatic amines is 1. The predicted molar refractivity (Wildman–Crippen MR) is 126 cm³/mol. The number of aromatic nitrogens is 2. The van der Waals surface area contributed by atoms with Crippen LogP contribution in [0.2, 0.25) is 0 Å². The van der Waals surface area contributed by atoms with Crippen LogP contribution in [0.15, 0.2) is 52.2 Å². The summed E-state index contributed by atoms with van der Waals surface area (Å²) in [7, 11) is 0. The molecule has 3 aliphatic heterocycles. The van der Waals surface area contributed by atoms with Crippen molar-refractivity contribution in [1.82, 2.24) is 14.5 Å². The number of carbonyl (C=O) groups is 2. The largest absolute Gasteiger partial charge is 0.461 e. The molecule has 1 aromatic heterocycles. The lowest BCUT2D eigenvalue weighted by Gasteiger charge is -2.26. The molecule has 3 saturated heterocycles. The number of ether oxygens (including phenoxy) is 5. The van der Waals surface area contributed by atoms with E-state index in [1.807, 2.05) is 30.3 Å². The fourth-order valence-corrected chi connectivity index (χ4v) is 4.94. The van der Waals surface area contributed by atoms with Crippen LogP contribution in [-0.2, 0) is 35.1 Å². The van der Waals surface area contributed by atoms with Crippen molar-refractivity contribution in [3.8, 4) is 0 Å². The summed E-state index contributed by atoms with van der Waals surface area (Å²) in [6.45, 7) is 3.80. The van der Waals surface area contributed by atoms with Gasteiger partial charge in [0.05, 0.1) is 0 Å². The highest BCUT2D eigenvalue weighted by molar-refractivity contribution is 5.82. The summed E-state index contributed by atoms with van der Waals surface area (Å²) in [4.78, 5) is 53.0. The number of nitrogens with zero attached hydrogens (tertiary/aromatic N) is 2. The molecule has 0 radical (unpaired) electrons. The van der Waals surface area contributed by atoms with Gasteiger partial charge in [0.25, 0.3) is 5.56 Å². The second kappa shape index (κ2) is 10.1. The fraction of sp³-hybridized carbons (Fsp3) is 0.520. The van der Waals surface area contributed by atoms with Crippen molar-refractivity contribution in [1.29, 1.82) is 0 Å². The average Bonchev–Trinajstić information content (AvgIpc) is 3.56. The lowest BCUT2D eigenvalue weighted by molar-refractivity contribution is -0.203. The van der Waals surface area contributed by atoms with E-state index in [1.54, 1.807) is 13.8 Å². The van der Waals surface area contributed by atoms with Gasteiger partial charge in [0.1, 0.15) is 37.6 Å². The number of nitrogens with one attached hydrogen (secondary N) is 1. The quantitative estimate of drug-likeness (QED) is 0.564. The maximum absolute atomic E-state index is 13.0. The Labute approximate surface area is 212 Å². The van der Waals surface area contributed by atoms with Crippen molar-refractivity contribution in [2.24, 2.45) is 0 Å². The molecular formula is C25H29N3O9. The van der Waals surface area contributed by atoms with Gasteiger partial charge in [0.15, 0.2) is 12.0 Å². The Balaban J connectivity index is 1.22. The van der Waals surface area contributed by atoms with E-state index in [0.29, 0.717) is 19.4 Å². The number of esters is 1. The molecule has 0 spiro atoms. The Kier molecular flexibility index (Phi) is 6.88. The third-order valence-corrected chi connectivity index (χ3v) is 6.60. The lowest BCUT2D eigenvalue weighted by Crippen LogP contribution is -2.43. The second-order valence-corrected chi connectivity index (χ2v) is 9.67. The highest BCUT2D eigenvalue weighted by atomic mass is 16.8. The molecule has 4 heterocycles. The molecule has 3 aliphatic rings. The molecule has 0 bridgehead atoms. The number of amides is 1. The van der Waals surface area contributed by atoms with Gasteiger partial charge in [-0.1, -0.05) is 30.3 Å². The third-order valence-electron chi connectivity index (χ3n) is 6.60. The normalized spacial score (nSPS) is 28.2. The van der Waals surface area contributed by atoms with Crippen LogP contribution in [0.4, 0.5) is 4.79 Å². The molecule has 0 saturated carbocycles. The third kappa shape index (κ3) is 5.31. The van der Waals surface area contributed by atoms with Gasteiger partial charge >= 0.3 is 17.8 Å². The highest BCUT2D eigenvalue weighted by Gasteiger charge is 2.56. The van der Waals surface area contributed by atoms with Crippen LogP contribution in [0.25, 0.3) is 0 Å². The summed E-state index contributed by atoms with van der Waals surface area (Å²) in [5, 5.41) is 0. The first-order chi connectivity index (χ1) is 17.7. The van der Waals surface area contributed by atoms with Gasteiger partial charge in [-0.2, -0.15) is 0 Å². The first kappa shape index (κ1) is 25.2. The van der Waals surface area contributed by atoms with E-state index in [1.165, 1.54) is 21.7 Å². The smallest absolute Gasteiger partial charge is 0.410 e. The molecule has 2 aromatic rings. The monoisotopic (exact) mass is 515 g/mol. The van der Waals surface area contributed by atoms with E-state index >= 15 is 0 Å². The number of hydrogen-bond donors (Lipinski definition) is 1. The maximum atomic E-state index is 13.0. The molecule has 3 fully saturated rings. The van der Waals surface area contributed by atoms with Gasteiger partial charge in [0.2, 0.25) is 0 Å². The lowest BCUT2D eigenvalue weighted by atomic mass is 10.1. The van der Waals surface area contributed by atoms with E-state index in [2.05, 4.69) is 4.98 Å². The zero-order chi connectivity index (χ0) is 26.2. The van der Waals surface area contributed by atoms with Crippen LogP contribution >= 0.6 is 0 Å². The van der Waals surface area contributed by atoms with Crippen molar-refractivity contribution < 1.29 is 33.3 Å². The molecule has 1 unspecified atom stereocenters. The van der Waals surface area contributed by atoms with Gasteiger partial charge < -0.3 is 23.7 Å². The van der Waals surface area contributed by atoms with E-state index in [-0.39, 0.29) is 13.2 Å². The Morgan fingerprint density at radius 1 is 1.08 bits per heavy atom. The molecular weight excluding hydrogens is 486 g/mol. The van der Waals surface area contributed by atoms with Crippen LogP contribution in [0, 0.1) is 0 Å². The number of fused-ring (bicyclic) bond motifs is 1. The van der Waals surface area contributed by atoms with Crippen molar-refractivity contribution in [2.75, 3.05) is 13.2 Å². The van der Waals surface area contributed by atoms with Crippen molar-refractivity contribution >= 4 is 12.1 Å². The topological polar surface area (TPSA) is 138 Å². The molecule has 12 heteroatoms. The fourth-order valence-electron chi connectivity index (χ4n) is 4.94. The number of benzene rings is 1. The van der Waals surface area contributed by atoms with Crippen LogP contribution in [0.5, 0.6) is 0 Å². The minimum atomic E-state index is -0.948. The Morgan fingerprint density at radius 2 is 1.84 bits per heavy atom. The van der Waals surface area contributed by atoms with Gasteiger partial charge in [-0.15, -0.1) is 0 Å². The summed E-state index contributed by atoms with van der Waals surface area (Å²) in [6, 6.07) is 9.72. The van der Waals surface area contributed by atoms with Crippen LogP contribution in [0.3, 0.4) is 0 Å². The molecule has 1 aromatic carbocycles.